The molecule has 0 aliphatic rings. The van der Waals surface area contributed by atoms with Gasteiger partial charge in [-0.15, -0.1) is 0 Å². The standard InChI is InChI=1S/C15H16Cl2N2O2S/c1-10(2)21-15(20)22-14(8-19-6-5-18-9-19)12-4-3-11(16)7-13(12)17/h3-7,9-10,14H,8H2,1-2H3. The highest BCUT2D eigenvalue weighted by Gasteiger charge is 2.22. The number of rotatable bonds is 5. The molecule has 7 heteroatoms. The van der Waals surface area contributed by atoms with Crippen molar-refractivity contribution in [3.63, 3.8) is 0 Å². The maximum atomic E-state index is 12.0. The quantitative estimate of drug-likeness (QED) is 0.688. The van der Waals surface area contributed by atoms with Gasteiger partial charge >= 0.3 is 5.30 Å². The van der Waals surface area contributed by atoms with Crippen molar-refractivity contribution in [2.75, 3.05) is 0 Å². The molecule has 0 fully saturated rings. The molecule has 118 valence electrons. The van der Waals surface area contributed by atoms with Crippen molar-refractivity contribution >= 4 is 40.3 Å². The Kier molecular flexibility index (Phi) is 6.17. The van der Waals surface area contributed by atoms with Crippen LogP contribution in [0.3, 0.4) is 0 Å². The Hall–Kier alpha value is -1.17. The molecule has 4 nitrogen and oxygen atoms in total. The molecule has 0 N–H and O–H groups in total. The molecule has 1 atom stereocenters. The Morgan fingerprint density at radius 3 is 2.77 bits per heavy atom. The normalized spacial score (nSPS) is 12.4. The molecule has 0 amide bonds. The zero-order valence-corrected chi connectivity index (χ0v) is 14.5. The van der Waals surface area contributed by atoms with Gasteiger partial charge in [-0.1, -0.05) is 29.3 Å². The lowest BCUT2D eigenvalue weighted by Crippen LogP contribution is -2.12. The number of imidazole rings is 1. The van der Waals surface area contributed by atoms with Gasteiger partial charge in [0.15, 0.2) is 0 Å². The molecular weight excluding hydrogens is 343 g/mol. The lowest BCUT2D eigenvalue weighted by molar-refractivity contribution is 0.142. The van der Waals surface area contributed by atoms with Crippen molar-refractivity contribution in [1.29, 1.82) is 0 Å². The van der Waals surface area contributed by atoms with Crippen molar-refractivity contribution in [3.05, 3.63) is 52.5 Å². The topological polar surface area (TPSA) is 44.1 Å². The lowest BCUT2D eigenvalue weighted by Gasteiger charge is -2.19. The average Bonchev–Trinajstić information content (AvgIpc) is 2.90. The van der Waals surface area contributed by atoms with Crippen molar-refractivity contribution in [2.24, 2.45) is 0 Å². The third kappa shape index (κ3) is 4.93. The van der Waals surface area contributed by atoms with E-state index in [0.29, 0.717) is 16.6 Å². The van der Waals surface area contributed by atoms with Crippen LogP contribution in [0, 0.1) is 0 Å². The highest BCUT2D eigenvalue weighted by atomic mass is 35.5. The van der Waals surface area contributed by atoms with E-state index in [1.807, 2.05) is 30.7 Å². The van der Waals surface area contributed by atoms with Gasteiger partial charge < -0.3 is 9.30 Å². The fraction of sp³-hybridized carbons (Fsp3) is 0.333. The number of carbonyl (C=O) groups is 1. The lowest BCUT2D eigenvalue weighted by atomic mass is 10.1. The van der Waals surface area contributed by atoms with E-state index in [1.54, 1.807) is 24.7 Å². The molecule has 22 heavy (non-hydrogen) atoms. The van der Waals surface area contributed by atoms with Gasteiger partial charge in [-0.3, -0.25) is 0 Å². The molecule has 2 rings (SSSR count). The number of benzene rings is 1. The summed E-state index contributed by atoms with van der Waals surface area (Å²) in [7, 11) is 0. The van der Waals surface area contributed by atoms with Crippen LogP contribution in [0.4, 0.5) is 4.79 Å². The van der Waals surface area contributed by atoms with E-state index in [4.69, 9.17) is 27.9 Å². The van der Waals surface area contributed by atoms with E-state index in [0.717, 1.165) is 17.3 Å². The van der Waals surface area contributed by atoms with Crippen LogP contribution in [0.5, 0.6) is 0 Å². The van der Waals surface area contributed by atoms with Crippen LogP contribution in [0.15, 0.2) is 36.9 Å². The summed E-state index contributed by atoms with van der Waals surface area (Å²) in [4.78, 5) is 16.0. The molecule has 2 aromatic rings. The largest absolute Gasteiger partial charge is 0.455 e. The monoisotopic (exact) mass is 358 g/mol. The summed E-state index contributed by atoms with van der Waals surface area (Å²) in [6.45, 7) is 4.19. The van der Waals surface area contributed by atoms with Gasteiger partial charge in [-0.25, -0.2) is 9.78 Å². The summed E-state index contributed by atoms with van der Waals surface area (Å²) in [6.07, 6.45) is 5.07. The molecule has 0 aliphatic carbocycles. The second kappa shape index (κ2) is 7.90. The van der Waals surface area contributed by atoms with E-state index in [9.17, 15) is 4.79 Å². The minimum absolute atomic E-state index is 0.158. The summed E-state index contributed by atoms with van der Waals surface area (Å²) < 4.78 is 7.11. The van der Waals surface area contributed by atoms with Gasteiger partial charge in [-0.05, 0) is 43.3 Å². The van der Waals surface area contributed by atoms with E-state index in [-0.39, 0.29) is 16.7 Å². The highest BCUT2D eigenvalue weighted by molar-refractivity contribution is 8.13. The fourth-order valence-corrected chi connectivity index (χ4v) is 3.55. The number of carbonyl (C=O) groups excluding carboxylic acids is 1. The van der Waals surface area contributed by atoms with Gasteiger partial charge in [0.25, 0.3) is 0 Å². The molecule has 0 saturated heterocycles. The minimum atomic E-state index is -0.328. The Bertz CT molecular complexity index is 632. The molecule has 1 aromatic heterocycles. The second-order valence-electron chi connectivity index (χ2n) is 4.95. The molecule has 0 aliphatic heterocycles. The average molecular weight is 359 g/mol. The maximum absolute atomic E-state index is 12.0. The van der Waals surface area contributed by atoms with Crippen LogP contribution in [-0.2, 0) is 11.3 Å². The number of hydrogen-bond acceptors (Lipinski definition) is 4. The van der Waals surface area contributed by atoms with Crippen molar-refractivity contribution in [3.8, 4) is 0 Å². The van der Waals surface area contributed by atoms with E-state index in [2.05, 4.69) is 4.98 Å². The molecule has 1 heterocycles. The summed E-state index contributed by atoms with van der Waals surface area (Å²) in [5, 5.41) is 0.573. The first-order chi connectivity index (χ1) is 10.5. The second-order valence-corrected chi connectivity index (χ2v) is 6.93. The molecule has 0 radical (unpaired) electrons. The van der Waals surface area contributed by atoms with E-state index in [1.165, 1.54) is 0 Å². The van der Waals surface area contributed by atoms with Gasteiger partial charge in [0.05, 0.1) is 17.7 Å². The van der Waals surface area contributed by atoms with Crippen LogP contribution in [0.1, 0.15) is 24.7 Å². The molecule has 0 saturated carbocycles. The molecule has 1 aromatic carbocycles. The van der Waals surface area contributed by atoms with Crippen molar-refractivity contribution in [1.82, 2.24) is 9.55 Å². The first-order valence-corrected chi connectivity index (χ1v) is 8.37. The first kappa shape index (κ1) is 17.2. The zero-order chi connectivity index (χ0) is 16.1. The highest BCUT2D eigenvalue weighted by Crippen LogP contribution is 2.37. The molecule has 0 bridgehead atoms. The van der Waals surface area contributed by atoms with Crippen LogP contribution in [0.2, 0.25) is 10.0 Å². The predicted molar refractivity (Wildman–Crippen MR) is 90.6 cm³/mol. The maximum Gasteiger partial charge on any atom is 0.368 e. The number of halogens is 2. The number of thioether (sulfide) groups is 1. The number of ether oxygens (including phenoxy) is 1. The number of hydrogen-bond donors (Lipinski definition) is 0. The van der Waals surface area contributed by atoms with Gasteiger partial charge in [0, 0.05) is 29.0 Å². The predicted octanol–water partition coefficient (Wildman–Crippen LogP) is 5.21. The van der Waals surface area contributed by atoms with Crippen LogP contribution in [-0.4, -0.2) is 21.0 Å². The third-order valence-electron chi connectivity index (χ3n) is 2.82. The summed E-state index contributed by atoms with van der Waals surface area (Å²) in [6, 6.07) is 5.27. The molecule has 0 spiro atoms. The van der Waals surface area contributed by atoms with E-state index < -0.39 is 0 Å². The summed E-state index contributed by atoms with van der Waals surface area (Å²) >= 11 is 13.3. The Morgan fingerprint density at radius 1 is 1.41 bits per heavy atom. The number of aromatic nitrogens is 2. The molecule has 1 unspecified atom stereocenters. The Balaban J connectivity index is 2.22. The Labute approximate surface area is 143 Å². The molecular formula is C15H16Cl2N2O2S. The minimum Gasteiger partial charge on any atom is -0.455 e. The Morgan fingerprint density at radius 2 is 2.18 bits per heavy atom. The van der Waals surface area contributed by atoms with Crippen molar-refractivity contribution in [2.45, 2.75) is 31.7 Å². The van der Waals surface area contributed by atoms with Crippen LogP contribution < -0.4 is 0 Å². The van der Waals surface area contributed by atoms with Gasteiger partial charge in [0.2, 0.25) is 0 Å². The van der Waals surface area contributed by atoms with Crippen LogP contribution >= 0.6 is 35.0 Å². The number of nitrogens with zero attached hydrogens (tertiary/aromatic N) is 2. The first-order valence-electron chi connectivity index (χ1n) is 6.73. The van der Waals surface area contributed by atoms with Crippen molar-refractivity contribution < 1.29 is 9.53 Å². The van der Waals surface area contributed by atoms with Crippen LogP contribution in [0.25, 0.3) is 0 Å². The fourth-order valence-electron chi connectivity index (χ4n) is 1.88. The van der Waals surface area contributed by atoms with Gasteiger partial charge in [0.1, 0.15) is 0 Å². The smallest absolute Gasteiger partial charge is 0.368 e. The summed E-state index contributed by atoms with van der Waals surface area (Å²) in [5.74, 6) is 0. The third-order valence-corrected chi connectivity index (χ3v) is 4.35. The van der Waals surface area contributed by atoms with E-state index >= 15 is 0 Å². The SMILES string of the molecule is CC(C)OC(=O)SC(Cn1ccnc1)c1ccc(Cl)cc1Cl. The van der Waals surface area contributed by atoms with Gasteiger partial charge in [-0.2, -0.15) is 0 Å². The zero-order valence-electron chi connectivity index (χ0n) is 12.2. The summed E-state index contributed by atoms with van der Waals surface area (Å²) in [5.41, 5.74) is 0.838.